The van der Waals surface area contributed by atoms with Crippen molar-refractivity contribution >= 4 is 28.3 Å². The fourth-order valence-corrected chi connectivity index (χ4v) is 2.48. The molecule has 1 atom stereocenters. The summed E-state index contributed by atoms with van der Waals surface area (Å²) in [5.74, 6) is 0.527. The zero-order chi connectivity index (χ0) is 16.4. The van der Waals surface area contributed by atoms with Crippen molar-refractivity contribution in [2.75, 3.05) is 11.9 Å². The van der Waals surface area contributed by atoms with Crippen LogP contribution in [0.1, 0.15) is 17.2 Å². The molecule has 0 aliphatic carbocycles. The van der Waals surface area contributed by atoms with Crippen molar-refractivity contribution < 1.29 is 5.11 Å². The highest BCUT2D eigenvalue weighted by molar-refractivity contribution is 6.31. The molecule has 6 nitrogen and oxygen atoms in total. The zero-order valence-corrected chi connectivity index (χ0v) is 13.1. The molecule has 0 aliphatic rings. The van der Waals surface area contributed by atoms with Crippen LogP contribution in [-0.2, 0) is 7.05 Å². The summed E-state index contributed by atoms with van der Waals surface area (Å²) in [6, 6.07) is 9.01. The Balaban J connectivity index is 1.83. The van der Waals surface area contributed by atoms with Crippen molar-refractivity contribution in [1.82, 2.24) is 14.8 Å². The van der Waals surface area contributed by atoms with E-state index in [1.807, 2.05) is 0 Å². The van der Waals surface area contributed by atoms with Gasteiger partial charge in [0.1, 0.15) is 5.82 Å². The second kappa shape index (κ2) is 6.24. The number of anilines is 1. The number of hydrogen-bond donors (Lipinski definition) is 2. The van der Waals surface area contributed by atoms with E-state index in [1.165, 1.54) is 0 Å². The Bertz CT molecular complexity index is 899. The number of nitrogens with zero attached hydrogens (tertiary/aromatic N) is 4. The van der Waals surface area contributed by atoms with E-state index in [2.05, 4.69) is 21.5 Å². The van der Waals surface area contributed by atoms with Crippen LogP contribution in [0.25, 0.3) is 10.9 Å². The van der Waals surface area contributed by atoms with Gasteiger partial charge in [-0.15, -0.1) is 0 Å². The van der Waals surface area contributed by atoms with Crippen LogP contribution in [0.4, 0.5) is 5.82 Å². The fourth-order valence-electron chi connectivity index (χ4n) is 2.31. The number of rotatable bonds is 4. The summed E-state index contributed by atoms with van der Waals surface area (Å²) in [6.07, 6.45) is 2.66. The molecule has 1 unspecified atom stereocenters. The first-order valence-corrected chi connectivity index (χ1v) is 7.35. The molecule has 23 heavy (non-hydrogen) atoms. The number of nitriles is 1. The Kier molecular flexibility index (Phi) is 4.15. The molecule has 2 aromatic heterocycles. The lowest BCUT2D eigenvalue weighted by Gasteiger charge is -2.12. The number of hydrogen-bond acceptors (Lipinski definition) is 5. The highest BCUT2D eigenvalue weighted by Crippen LogP contribution is 2.24. The van der Waals surface area contributed by atoms with Gasteiger partial charge < -0.3 is 10.4 Å². The number of aromatic nitrogens is 3. The van der Waals surface area contributed by atoms with Gasteiger partial charge in [0.15, 0.2) is 0 Å². The minimum atomic E-state index is -0.711. The van der Waals surface area contributed by atoms with Crippen LogP contribution < -0.4 is 5.32 Å². The molecule has 0 spiro atoms. The standard InChI is InChI=1S/C16H14ClN5O/c1-22-9-11(7-20-22)15(23)8-19-16-4-10(6-18)13-5-12(17)2-3-14(13)21-16/h2-5,7,9,15,23H,8H2,1H3,(H,19,21). The van der Waals surface area contributed by atoms with Crippen LogP contribution in [-0.4, -0.2) is 26.4 Å². The summed E-state index contributed by atoms with van der Waals surface area (Å²) >= 11 is 5.97. The average Bonchev–Trinajstić information content (AvgIpc) is 2.98. The predicted octanol–water partition coefficient (Wildman–Crippen LogP) is 2.64. The molecule has 0 bridgehead atoms. The highest BCUT2D eigenvalue weighted by atomic mass is 35.5. The first-order valence-electron chi connectivity index (χ1n) is 6.97. The van der Waals surface area contributed by atoms with Crippen molar-refractivity contribution in [2.24, 2.45) is 7.05 Å². The van der Waals surface area contributed by atoms with Gasteiger partial charge in [-0.05, 0) is 24.3 Å². The first kappa shape index (κ1) is 15.3. The van der Waals surface area contributed by atoms with Crippen LogP contribution in [0.15, 0.2) is 36.7 Å². The van der Waals surface area contributed by atoms with E-state index < -0.39 is 6.10 Å². The van der Waals surface area contributed by atoms with Gasteiger partial charge >= 0.3 is 0 Å². The highest BCUT2D eigenvalue weighted by Gasteiger charge is 2.11. The molecule has 116 valence electrons. The molecule has 0 radical (unpaired) electrons. The molecule has 0 fully saturated rings. The SMILES string of the molecule is Cn1cc(C(O)CNc2cc(C#N)c3cc(Cl)ccc3n2)cn1. The lowest BCUT2D eigenvalue weighted by molar-refractivity contribution is 0.191. The minimum Gasteiger partial charge on any atom is -0.386 e. The van der Waals surface area contributed by atoms with Crippen LogP contribution in [0.3, 0.4) is 0 Å². The van der Waals surface area contributed by atoms with Gasteiger partial charge in [-0.2, -0.15) is 10.4 Å². The van der Waals surface area contributed by atoms with E-state index >= 15 is 0 Å². The monoisotopic (exact) mass is 327 g/mol. The van der Waals surface area contributed by atoms with Gasteiger partial charge in [0.05, 0.1) is 29.5 Å². The van der Waals surface area contributed by atoms with Crippen LogP contribution in [0.5, 0.6) is 0 Å². The minimum absolute atomic E-state index is 0.267. The summed E-state index contributed by atoms with van der Waals surface area (Å²) in [4.78, 5) is 4.44. The predicted molar refractivity (Wildman–Crippen MR) is 88.1 cm³/mol. The number of halogens is 1. The zero-order valence-electron chi connectivity index (χ0n) is 12.4. The third-order valence-corrected chi connectivity index (χ3v) is 3.71. The summed E-state index contributed by atoms with van der Waals surface area (Å²) in [5, 5.41) is 27.8. The van der Waals surface area contributed by atoms with Gasteiger partial charge in [0, 0.05) is 35.8 Å². The van der Waals surface area contributed by atoms with E-state index in [0.29, 0.717) is 32.9 Å². The van der Waals surface area contributed by atoms with Crippen molar-refractivity contribution in [3.8, 4) is 6.07 Å². The molecular formula is C16H14ClN5O. The number of aliphatic hydroxyl groups excluding tert-OH is 1. The van der Waals surface area contributed by atoms with Gasteiger partial charge in [0.2, 0.25) is 0 Å². The number of nitrogens with one attached hydrogen (secondary N) is 1. The normalized spacial score (nSPS) is 12.1. The molecule has 0 amide bonds. The van der Waals surface area contributed by atoms with Crippen LogP contribution in [0.2, 0.25) is 5.02 Å². The number of fused-ring (bicyclic) bond motifs is 1. The summed E-state index contributed by atoms with van der Waals surface area (Å²) < 4.78 is 1.63. The largest absolute Gasteiger partial charge is 0.386 e. The average molecular weight is 328 g/mol. The Morgan fingerprint density at radius 3 is 2.96 bits per heavy atom. The molecule has 0 saturated heterocycles. The van der Waals surface area contributed by atoms with Crippen LogP contribution >= 0.6 is 11.6 Å². The Hall–Kier alpha value is -2.62. The summed E-state index contributed by atoms with van der Waals surface area (Å²) in [7, 11) is 1.79. The second-order valence-corrected chi connectivity index (χ2v) is 5.61. The maximum atomic E-state index is 10.1. The third-order valence-electron chi connectivity index (χ3n) is 3.48. The third kappa shape index (κ3) is 3.26. The summed E-state index contributed by atoms with van der Waals surface area (Å²) in [6.45, 7) is 0.267. The maximum absolute atomic E-state index is 10.1. The lowest BCUT2D eigenvalue weighted by atomic mass is 10.1. The molecule has 3 rings (SSSR count). The van der Waals surface area contributed by atoms with Gasteiger partial charge in [-0.25, -0.2) is 4.98 Å². The molecular weight excluding hydrogens is 314 g/mol. The van der Waals surface area contributed by atoms with E-state index in [9.17, 15) is 10.4 Å². The van der Waals surface area contributed by atoms with Gasteiger partial charge in [0.25, 0.3) is 0 Å². The number of aliphatic hydroxyl groups is 1. The van der Waals surface area contributed by atoms with E-state index in [-0.39, 0.29) is 6.54 Å². The summed E-state index contributed by atoms with van der Waals surface area (Å²) in [5.41, 5.74) is 1.87. The van der Waals surface area contributed by atoms with Crippen molar-refractivity contribution in [3.63, 3.8) is 0 Å². The lowest BCUT2D eigenvalue weighted by Crippen LogP contribution is -2.12. The Morgan fingerprint density at radius 1 is 1.43 bits per heavy atom. The van der Waals surface area contributed by atoms with Crippen molar-refractivity contribution in [1.29, 1.82) is 5.26 Å². The van der Waals surface area contributed by atoms with E-state index in [0.717, 1.165) is 0 Å². The molecule has 2 N–H and O–H groups in total. The quantitative estimate of drug-likeness (QED) is 0.769. The molecule has 0 aliphatic heterocycles. The number of pyridine rings is 1. The van der Waals surface area contributed by atoms with Crippen molar-refractivity contribution in [3.05, 3.63) is 52.8 Å². The van der Waals surface area contributed by atoms with E-state index in [4.69, 9.17) is 11.6 Å². The number of benzene rings is 1. The second-order valence-electron chi connectivity index (χ2n) is 5.17. The Morgan fingerprint density at radius 2 is 2.26 bits per heavy atom. The van der Waals surface area contributed by atoms with Crippen molar-refractivity contribution in [2.45, 2.75) is 6.10 Å². The van der Waals surface area contributed by atoms with Gasteiger partial charge in [-0.3, -0.25) is 4.68 Å². The Labute approximate surface area is 137 Å². The molecule has 2 heterocycles. The van der Waals surface area contributed by atoms with E-state index in [1.54, 1.807) is 48.4 Å². The number of aryl methyl sites for hydroxylation is 1. The smallest absolute Gasteiger partial charge is 0.128 e. The molecule has 1 aromatic carbocycles. The molecule has 7 heteroatoms. The molecule has 0 saturated carbocycles. The maximum Gasteiger partial charge on any atom is 0.128 e. The fraction of sp³-hybridized carbons (Fsp3) is 0.188. The first-order chi connectivity index (χ1) is 11.1. The van der Waals surface area contributed by atoms with Gasteiger partial charge in [-0.1, -0.05) is 11.6 Å². The topological polar surface area (TPSA) is 86.8 Å². The molecule has 3 aromatic rings. The van der Waals surface area contributed by atoms with Crippen LogP contribution in [0, 0.1) is 11.3 Å².